The minimum atomic E-state index is -4.11. The Balaban J connectivity index is 2.46. The minimum absolute atomic E-state index is 0.000606. The van der Waals surface area contributed by atoms with Crippen molar-refractivity contribution in [2.75, 3.05) is 20.6 Å². The summed E-state index contributed by atoms with van der Waals surface area (Å²) in [5.41, 5.74) is -0.558. The molecule has 0 saturated heterocycles. The molecule has 17 heavy (non-hydrogen) atoms. The van der Waals surface area contributed by atoms with Crippen LogP contribution in [0.4, 0.5) is 13.2 Å². The summed E-state index contributed by atoms with van der Waals surface area (Å²) in [7, 11) is 3.42. The summed E-state index contributed by atoms with van der Waals surface area (Å²) in [4.78, 5) is 1.71. The molecular formula is C11H18F3N3. The Hall–Kier alpha value is -0.800. The van der Waals surface area contributed by atoms with Crippen LogP contribution in [0.1, 0.15) is 25.7 Å². The number of nitrogens with zero attached hydrogens (tertiary/aromatic N) is 2. The van der Waals surface area contributed by atoms with E-state index in [9.17, 15) is 13.2 Å². The van der Waals surface area contributed by atoms with E-state index in [4.69, 9.17) is 5.26 Å². The Kier molecular flexibility index (Phi) is 4.39. The lowest BCUT2D eigenvalue weighted by Crippen LogP contribution is -2.41. The van der Waals surface area contributed by atoms with Crippen LogP contribution in [0.3, 0.4) is 0 Å². The Morgan fingerprint density at radius 3 is 2.59 bits per heavy atom. The smallest absolute Gasteiger partial charge is 0.303 e. The molecule has 0 spiro atoms. The number of hydrogen-bond donors (Lipinski definition) is 1. The standard InChI is InChI=1S/C11H18F3N3/c1-16-10(8-15)4-3-9(7-10)17(2)6-5-11(12,13)14/h9,16H,3-7H2,1-2H3. The summed E-state index contributed by atoms with van der Waals surface area (Å²) in [6.45, 7) is -0.000606. The number of rotatable bonds is 4. The molecule has 0 aliphatic heterocycles. The van der Waals surface area contributed by atoms with E-state index < -0.39 is 18.1 Å². The predicted molar refractivity (Wildman–Crippen MR) is 58.3 cm³/mol. The van der Waals surface area contributed by atoms with Gasteiger partial charge >= 0.3 is 6.18 Å². The van der Waals surface area contributed by atoms with Gasteiger partial charge in [-0.15, -0.1) is 0 Å². The molecule has 0 bridgehead atoms. The van der Waals surface area contributed by atoms with Crippen LogP contribution in [0.2, 0.25) is 0 Å². The van der Waals surface area contributed by atoms with Gasteiger partial charge < -0.3 is 10.2 Å². The Labute approximate surface area is 99.6 Å². The summed E-state index contributed by atoms with van der Waals surface area (Å²) in [6.07, 6.45) is -2.85. The van der Waals surface area contributed by atoms with Crippen molar-refractivity contribution >= 4 is 0 Å². The quantitative estimate of drug-likeness (QED) is 0.827. The molecule has 1 N–H and O–H groups in total. The molecule has 2 atom stereocenters. The van der Waals surface area contributed by atoms with Crippen LogP contribution in [0.25, 0.3) is 0 Å². The highest BCUT2D eigenvalue weighted by molar-refractivity contribution is 5.12. The maximum atomic E-state index is 12.1. The molecule has 3 nitrogen and oxygen atoms in total. The van der Waals surface area contributed by atoms with Crippen LogP contribution in [-0.2, 0) is 0 Å². The molecule has 1 fully saturated rings. The molecule has 98 valence electrons. The van der Waals surface area contributed by atoms with Crippen LogP contribution >= 0.6 is 0 Å². The first kappa shape index (κ1) is 14.3. The first-order chi connectivity index (χ1) is 7.82. The van der Waals surface area contributed by atoms with Gasteiger partial charge in [-0.1, -0.05) is 0 Å². The molecule has 1 aliphatic rings. The molecule has 1 rings (SSSR count). The second-order valence-electron chi connectivity index (χ2n) is 4.69. The van der Waals surface area contributed by atoms with Crippen molar-refractivity contribution in [2.24, 2.45) is 0 Å². The third-order valence-electron chi connectivity index (χ3n) is 3.55. The normalized spacial score (nSPS) is 29.6. The fourth-order valence-corrected chi connectivity index (χ4v) is 2.27. The molecule has 1 saturated carbocycles. The van der Waals surface area contributed by atoms with Crippen molar-refractivity contribution in [3.8, 4) is 6.07 Å². The molecule has 0 amide bonds. The molecule has 2 unspecified atom stereocenters. The van der Waals surface area contributed by atoms with Gasteiger partial charge in [0.05, 0.1) is 12.5 Å². The average Bonchev–Trinajstić information content (AvgIpc) is 2.70. The average molecular weight is 249 g/mol. The highest BCUT2D eigenvalue weighted by Crippen LogP contribution is 2.32. The van der Waals surface area contributed by atoms with Gasteiger partial charge in [-0.2, -0.15) is 18.4 Å². The first-order valence-electron chi connectivity index (χ1n) is 5.69. The maximum absolute atomic E-state index is 12.1. The monoisotopic (exact) mass is 249 g/mol. The molecule has 6 heteroatoms. The molecule has 0 radical (unpaired) electrons. The summed E-state index contributed by atoms with van der Waals surface area (Å²) >= 11 is 0. The Morgan fingerprint density at radius 1 is 1.53 bits per heavy atom. The third-order valence-corrected chi connectivity index (χ3v) is 3.55. The van der Waals surface area contributed by atoms with Crippen molar-refractivity contribution in [3.05, 3.63) is 0 Å². The highest BCUT2D eigenvalue weighted by atomic mass is 19.4. The van der Waals surface area contributed by atoms with E-state index in [-0.39, 0.29) is 12.6 Å². The number of halogens is 3. The van der Waals surface area contributed by atoms with Crippen molar-refractivity contribution in [2.45, 2.75) is 43.4 Å². The van der Waals surface area contributed by atoms with Crippen molar-refractivity contribution in [1.29, 1.82) is 5.26 Å². The predicted octanol–water partition coefficient (Wildman–Crippen LogP) is 1.90. The first-order valence-corrected chi connectivity index (χ1v) is 5.69. The van der Waals surface area contributed by atoms with E-state index in [1.54, 1.807) is 19.0 Å². The van der Waals surface area contributed by atoms with Crippen molar-refractivity contribution < 1.29 is 13.2 Å². The Morgan fingerprint density at radius 2 is 2.18 bits per heavy atom. The van der Waals surface area contributed by atoms with E-state index in [0.29, 0.717) is 12.8 Å². The van der Waals surface area contributed by atoms with Crippen molar-refractivity contribution in [1.82, 2.24) is 10.2 Å². The summed E-state index contributed by atoms with van der Waals surface area (Å²) < 4.78 is 36.3. The van der Waals surface area contributed by atoms with E-state index in [1.165, 1.54) is 0 Å². The van der Waals surface area contributed by atoms with Crippen molar-refractivity contribution in [3.63, 3.8) is 0 Å². The van der Waals surface area contributed by atoms with E-state index in [1.807, 2.05) is 0 Å². The van der Waals surface area contributed by atoms with Gasteiger partial charge in [-0.3, -0.25) is 0 Å². The van der Waals surface area contributed by atoms with Crippen LogP contribution in [-0.4, -0.2) is 43.3 Å². The van der Waals surface area contributed by atoms with Crippen LogP contribution in [0.5, 0.6) is 0 Å². The third kappa shape index (κ3) is 3.86. The topological polar surface area (TPSA) is 39.1 Å². The van der Waals surface area contributed by atoms with E-state index in [0.717, 1.165) is 6.42 Å². The lowest BCUT2D eigenvalue weighted by Gasteiger charge is -2.26. The second-order valence-corrected chi connectivity index (χ2v) is 4.69. The fourth-order valence-electron chi connectivity index (χ4n) is 2.27. The Bertz CT molecular complexity index is 297. The van der Waals surface area contributed by atoms with Crippen LogP contribution in [0.15, 0.2) is 0 Å². The number of hydrogen-bond acceptors (Lipinski definition) is 3. The van der Waals surface area contributed by atoms with Gasteiger partial charge in [-0.25, -0.2) is 0 Å². The van der Waals surface area contributed by atoms with Gasteiger partial charge in [0.15, 0.2) is 0 Å². The van der Waals surface area contributed by atoms with E-state index >= 15 is 0 Å². The van der Waals surface area contributed by atoms with E-state index in [2.05, 4.69) is 11.4 Å². The highest BCUT2D eigenvalue weighted by Gasteiger charge is 2.40. The lowest BCUT2D eigenvalue weighted by atomic mass is 10.00. The number of nitriles is 1. The molecule has 0 aromatic heterocycles. The molecule has 0 aromatic carbocycles. The zero-order chi connectivity index (χ0) is 13.1. The van der Waals surface area contributed by atoms with Gasteiger partial charge in [0, 0.05) is 12.6 Å². The molecule has 0 aromatic rings. The maximum Gasteiger partial charge on any atom is 0.390 e. The van der Waals surface area contributed by atoms with Gasteiger partial charge in [-0.05, 0) is 33.4 Å². The zero-order valence-electron chi connectivity index (χ0n) is 10.1. The zero-order valence-corrected chi connectivity index (χ0v) is 10.1. The minimum Gasteiger partial charge on any atom is -0.303 e. The SMILES string of the molecule is CNC1(C#N)CCC(N(C)CCC(F)(F)F)C1. The van der Waals surface area contributed by atoms with Gasteiger partial charge in [0.25, 0.3) is 0 Å². The van der Waals surface area contributed by atoms with Crippen LogP contribution < -0.4 is 5.32 Å². The number of nitrogens with one attached hydrogen (secondary N) is 1. The molecule has 0 heterocycles. The largest absolute Gasteiger partial charge is 0.390 e. The lowest BCUT2D eigenvalue weighted by molar-refractivity contribution is -0.138. The summed E-state index contributed by atoms with van der Waals surface area (Å²) in [6, 6.07) is 2.28. The molecular weight excluding hydrogens is 231 g/mol. The summed E-state index contributed by atoms with van der Waals surface area (Å²) in [5, 5.41) is 12.0. The van der Waals surface area contributed by atoms with Crippen LogP contribution in [0, 0.1) is 11.3 Å². The molecule has 1 aliphatic carbocycles. The summed E-state index contributed by atoms with van der Waals surface area (Å²) in [5.74, 6) is 0. The van der Waals surface area contributed by atoms with Gasteiger partial charge in [0.1, 0.15) is 5.54 Å². The number of alkyl halides is 3. The van der Waals surface area contributed by atoms with Gasteiger partial charge in [0.2, 0.25) is 0 Å². The second kappa shape index (κ2) is 5.23. The fraction of sp³-hybridized carbons (Fsp3) is 0.909.